The van der Waals surface area contributed by atoms with Crippen LogP contribution in [0.2, 0.25) is 0 Å². The lowest BCUT2D eigenvalue weighted by Crippen LogP contribution is -3.08. The van der Waals surface area contributed by atoms with Crippen molar-refractivity contribution < 1.29 is 19.2 Å². The Morgan fingerprint density at radius 2 is 1.61 bits per heavy atom. The molecule has 2 N–H and O–H groups in total. The second-order valence-electron chi connectivity index (χ2n) is 6.96. The molecule has 0 aliphatic heterocycles. The Labute approximate surface area is 165 Å². The molecule has 0 saturated heterocycles. The van der Waals surface area contributed by atoms with E-state index < -0.39 is 0 Å². The third kappa shape index (κ3) is 5.02. The topological polar surface area (TPSA) is 52.0 Å². The van der Waals surface area contributed by atoms with E-state index in [0.29, 0.717) is 24.6 Å². The van der Waals surface area contributed by atoms with Gasteiger partial charge in [0.1, 0.15) is 6.54 Å². The summed E-state index contributed by atoms with van der Waals surface area (Å²) < 4.78 is 10.5. The van der Waals surface area contributed by atoms with Gasteiger partial charge in [-0.1, -0.05) is 42.5 Å². The summed E-state index contributed by atoms with van der Waals surface area (Å²) in [5.74, 6) is 1.36. The molecule has 3 aromatic carbocycles. The molecule has 28 heavy (non-hydrogen) atoms. The van der Waals surface area contributed by atoms with E-state index in [-0.39, 0.29) is 5.91 Å². The van der Waals surface area contributed by atoms with Crippen molar-refractivity contribution in [3.63, 3.8) is 0 Å². The fraction of sp³-hybridized carbons (Fsp3) is 0.261. The maximum absolute atomic E-state index is 12.3. The maximum Gasteiger partial charge on any atom is 0.275 e. The van der Waals surface area contributed by atoms with Gasteiger partial charge in [0.25, 0.3) is 5.91 Å². The van der Waals surface area contributed by atoms with E-state index >= 15 is 0 Å². The largest absolute Gasteiger partial charge is 0.493 e. The molecule has 146 valence electrons. The van der Waals surface area contributed by atoms with Gasteiger partial charge in [-0.3, -0.25) is 4.79 Å². The molecule has 1 unspecified atom stereocenters. The normalized spacial score (nSPS) is 11.8. The highest BCUT2D eigenvalue weighted by Gasteiger charge is 2.11. The fourth-order valence-corrected chi connectivity index (χ4v) is 3.29. The Kier molecular flexibility index (Phi) is 6.50. The average Bonchev–Trinajstić information content (AvgIpc) is 2.71. The first-order valence-corrected chi connectivity index (χ1v) is 9.35. The summed E-state index contributed by atoms with van der Waals surface area (Å²) in [6, 6.07) is 20.4. The van der Waals surface area contributed by atoms with E-state index in [1.54, 1.807) is 14.2 Å². The van der Waals surface area contributed by atoms with Gasteiger partial charge >= 0.3 is 0 Å². The van der Waals surface area contributed by atoms with Gasteiger partial charge in [0.2, 0.25) is 0 Å². The second kappa shape index (κ2) is 9.24. The zero-order valence-electron chi connectivity index (χ0n) is 16.6. The first-order chi connectivity index (χ1) is 13.6. The number of hydrogen-bond acceptors (Lipinski definition) is 3. The van der Waals surface area contributed by atoms with Crippen LogP contribution in [0.15, 0.2) is 60.7 Å². The lowest BCUT2D eigenvalue weighted by atomic mass is 10.1. The molecule has 1 atom stereocenters. The van der Waals surface area contributed by atoms with Crippen LogP contribution in [0.1, 0.15) is 11.1 Å². The molecule has 0 heterocycles. The van der Waals surface area contributed by atoms with Crippen molar-refractivity contribution in [2.75, 3.05) is 27.8 Å². The summed E-state index contributed by atoms with van der Waals surface area (Å²) in [5, 5.41) is 5.44. The third-order valence-electron chi connectivity index (χ3n) is 4.72. The van der Waals surface area contributed by atoms with Crippen LogP contribution in [0.25, 0.3) is 10.8 Å². The van der Waals surface area contributed by atoms with Crippen LogP contribution in [-0.4, -0.2) is 33.7 Å². The molecule has 3 rings (SSSR count). The first-order valence-electron chi connectivity index (χ1n) is 9.35. The monoisotopic (exact) mass is 379 g/mol. The summed E-state index contributed by atoms with van der Waals surface area (Å²) in [5.41, 5.74) is 2.20. The molecule has 0 spiro atoms. The zero-order valence-corrected chi connectivity index (χ0v) is 16.6. The molecule has 0 saturated carbocycles. The molecule has 3 aromatic rings. The average molecular weight is 379 g/mol. The number of methoxy groups -OCH3 is 2. The van der Waals surface area contributed by atoms with Crippen molar-refractivity contribution in [3.8, 4) is 11.5 Å². The van der Waals surface area contributed by atoms with Gasteiger partial charge in [-0.05, 0) is 34.5 Å². The second-order valence-corrected chi connectivity index (χ2v) is 6.96. The van der Waals surface area contributed by atoms with E-state index in [1.807, 2.05) is 37.4 Å². The van der Waals surface area contributed by atoms with Crippen LogP contribution in [0.4, 0.5) is 0 Å². The predicted molar refractivity (Wildman–Crippen MR) is 111 cm³/mol. The van der Waals surface area contributed by atoms with Crippen LogP contribution in [0, 0.1) is 0 Å². The zero-order chi connectivity index (χ0) is 19.9. The molecule has 0 aliphatic carbocycles. The van der Waals surface area contributed by atoms with E-state index in [9.17, 15) is 4.79 Å². The highest BCUT2D eigenvalue weighted by molar-refractivity contribution is 5.83. The predicted octanol–water partition coefficient (Wildman–Crippen LogP) is 2.19. The fourth-order valence-electron chi connectivity index (χ4n) is 3.29. The molecule has 5 nitrogen and oxygen atoms in total. The summed E-state index contributed by atoms with van der Waals surface area (Å²) in [7, 11) is 5.24. The van der Waals surface area contributed by atoms with Crippen molar-refractivity contribution >= 4 is 16.7 Å². The molecular weight excluding hydrogens is 352 g/mol. The number of hydrogen-bond donors (Lipinski definition) is 2. The van der Waals surface area contributed by atoms with Crippen LogP contribution in [-0.2, 0) is 17.9 Å². The number of carbonyl (C=O) groups is 1. The number of rotatable bonds is 8. The van der Waals surface area contributed by atoms with E-state index in [2.05, 4.69) is 35.6 Å². The molecule has 0 aromatic heterocycles. The van der Waals surface area contributed by atoms with Crippen molar-refractivity contribution in [2.45, 2.75) is 13.1 Å². The molecule has 0 aliphatic rings. The van der Waals surface area contributed by atoms with Crippen molar-refractivity contribution in [2.24, 2.45) is 0 Å². The van der Waals surface area contributed by atoms with Gasteiger partial charge in [-0.25, -0.2) is 0 Å². The minimum atomic E-state index is 0.0214. The number of quaternary nitrogens is 1. The van der Waals surface area contributed by atoms with Gasteiger partial charge in [0.15, 0.2) is 18.0 Å². The van der Waals surface area contributed by atoms with Crippen molar-refractivity contribution in [1.82, 2.24) is 5.32 Å². The Balaban J connectivity index is 1.52. The van der Waals surface area contributed by atoms with Gasteiger partial charge in [0.05, 0.1) is 21.3 Å². The van der Waals surface area contributed by atoms with E-state index in [0.717, 1.165) is 17.0 Å². The third-order valence-corrected chi connectivity index (χ3v) is 4.72. The minimum Gasteiger partial charge on any atom is -0.493 e. The lowest BCUT2D eigenvalue weighted by molar-refractivity contribution is -0.885. The number of fused-ring (bicyclic) bond motifs is 1. The number of carbonyl (C=O) groups excluding carboxylic acids is 1. The smallest absolute Gasteiger partial charge is 0.275 e. The summed E-state index contributed by atoms with van der Waals surface area (Å²) in [4.78, 5) is 13.5. The molecule has 5 heteroatoms. The maximum atomic E-state index is 12.3. The molecule has 1 amide bonds. The number of nitrogens with one attached hydrogen (secondary N) is 2. The number of ether oxygens (including phenoxy) is 2. The van der Waals surface area contributed by atoms with Crippen LogP contribution < -0.4 is 19.7 Å². The Morgan fingerprint density at radius 3 is 2.36 bits per heavy atom. The van der Waals surface area contributed by atoms with Crippen LogP contribution >= 0.6 is 0 Å². The number of likely N-dealkylation sites (N-methyl/N-ethyl adjacent to an activating group) is 1. The van der Waals surface area contributed by atoms with Gasteiger partial charge < -0.3 is 19.7 Å². The Hall–Kier alpha value is -3.05. The highest BCUT2D eigenvalue weighted by atomic mass is 16.5. The quantitative estimate of drug-likeness (QED) is 0.631. The summed E-state index contributed by atoms with van der Waals surface area (Å²) in [6.07, 6.45) is 0. The van der Waals surface area contributed by atoms with E-state index in [1.165, 1.54) is 16.3 Å². The van der Waals surface area contributed by atoms with Gasteiger partial charge in [0, 0.05) is 12.1 Å². The number of amides is 1. The Morgan fingerprint density at radius 1 is 0.893 bits per heavy atom. The van der Waals surface area contributed by atoms with Crippen LogP contribution in [0.3, 0.4) is 0 Å². The first kappa shape index (κ1) is 19.7. The molecular formula is C23H27N2O3+. The molecule has 0 radical (unpaired) electrons. The molecule has 0 fully saturated rings. The number of benzene rings is 3. The standard InChI is InChI=1S/C23H26N2O3/c1-25(15-18-8-10-19-6-4-5-7-20(19)12-18)16-23(26)24-14-17-9-11-21(27-2)22(13-17)28-3/h4-13H,14-16H2,1-3H3,(H,24,26)/p+1. The van der Waals surface area contributed by atoms with Gasteiger partial charge in [-0.15, -0.1) is 0 Å². The van der Waals surface area contributed by atoms with E-state index in [4.69, 9.17) is 9.47 Å². The van der Waals surface area contributed by atoms with Crippen LogP contribution in [0.5, 0.6) is 11.5 Å². The minimum absolute atomic E-state index is 0.0214. The highest BCUT2D eigenvalue weighted by Crippen LogP contribution is 2.27. The summed E-state index contributed by atoms with van der Waals surface area (Å²) in [6.45, 7) is 1.68. The van der Waals surface area contributed by atoms with Crippen molar-refractivity contribution in [3.05, 3.63) is 71.8 Å². The Bertz CT molecular complexity index is 955. The summed E-state index contributed by atoms with van der Waals surface area (Å²) >= 11 is 0. The molecule has 0 bridgehead atoms. The van der Waals surface area contributed by atoms with Gasteiger partial charge in [-0.2, -0.15) is 0 Å². The van der Waals surface area contributed by atoms with Crippen molar-refractivity contribution in [1.29, 1.82) is 0 Å². The lowest BCUT2D eigenvalue weighted by Gasteiger charge is -2.15. The SMILES string of the molecule is COc1ccc(CNC(=O)C[NH+](C)Cc2ccc3ccccc3c2)cc1OC.